The van der Waals surface area contributed by atoms with E-state index in [9.17, 15) is 46.0 Å². The second kappa shape index (κ2) is 33.6. The Bertz CT molecular complexity index is 1800. The molecule has 1 aromatic carbocycles. The van der Waals surface area contributed by atoms with Crippen molar-refractivity contribution >= 4 is 0 Å². The molecule has 5 aliphatic rings. The van der Waals surface area contributed by atoms with Crippen LogP contribution in [0, 0.1) is 41.4 Å². The highest BCUT2D eigenvalue weighted by Gasteiger charge is 2.58. The smallest absolute Gasteiger partial charge is 0.187 e. The summed E-state index contributed by atoms with van der Waals surface area (Å²) >= 11 is 0. The van der Waals surface area contributed by atoms with Crippen molar-refractivity contribution in [2.75, 3.05) is 129 Å². The maximum Gasteiger partial charge on any atom is 0.187 e. The van der Waals surface area contributed by atoms with E-state index in [1.54, 1.807) is 0 Å². The number of benzene rings is 1. The molecule has 0 saturated carbocycles. The van der Waals surface area contributed by atoms with E-state index in [1.807, 2.05) is 30.3 Å². The van der Waals surface area contributed by atoms with Gasteiger partial charge in [-0.25, -0.2) is 0 Å². The third-order valence-corrected chi connectivity index (χ3v) is 16.3. The van der Waals surface area contributed by atoms with Crippen LogP contribution in [0.4, 0.5) is 0 Å². The zero-order chi connectivity index (χ0) is 57.2. The fraction of sp³-hybridized carbons (Fsp3) is 0.887. The molecule has 0 amide bonds. The van der Waals surface area contributed by atoms with Gasteiger partial charge in [-0.15, -0.1) is 0 Å². The van der Waals surface area contributed by atoms with Gasteiger partial charge in [-0.05, 0) is 18.4 Å². The van der Waals surface area contributed by atoms with Crippen LogP contribution in [0.1, 0.15) is 18.4 Å². The Hall–Kier alpha value is -1.82. The van der Waals surface area contributed by atoms with Crippen molar-refractivity contribution in [3.63, 3.8) is 0 Å². The van der Waals surface area contributed by atoms with Gasteiger partial charge in [-0.3, -0.25) is 0 Å². The molecule has 0 radical (unpaired) electrons. The van der Waals surface area contributed by atoms with Crippen molar-refractivity contribution in [1.29, 1.82) is 0 Å². The average molecular weight is 1140 g/mol. The van der Waals surface area contributed by atoms with Crippen LogP contribution in [0.2, 0.25) is 0 Å². The highest BCUT2D eigenvalue weighted by molar-refractivity contribution is 5.13. The number of methoxy groups -OCH3 is 7. The molecule has 6 rings (SSSR count). The van der Waals surface area contributed by atoms with Crippen molar-refractivity contribution in [2.24, 2.45) is 41.4 Å². The topological polar surface area (TPSA) is 339 Å². The maximum absolute atomic E-state index is 11.2. The minimum atomic E-state index is -1.40. The van der Waals surface area contributed by atoms with Crippen LogP contribution in [0.5, 0.6) is 0 Å². The lowest BCUT2D eigenvalue weighted by Crippen LogP contribution is -2.67. The lowest BCUT2D eigenvalue weighted by Gasteiger charge is -2.53. The summed E-state index contributed by atoms with van der Waals surface area (Å²) in [5.41, 5.74) is 0.816. The lowest BCUT2D eigenvalue weighted by atomic mass is 9.80. The minimum absolute atomic E-state index is 0.0606. The summed E-state index contributed by atoms with van der Waals surface area (Å²) in [6.07, 6.45) is -19.6. The highest BCUT2D eigenvalue weighted by atomic mass is 16.8. The summed E-state index contributed by atoms with van der Waals surface area (Å²) in [7, 11) is 9.97. The fourth-order valence-corrected chi connectivity index (χ4v) is 12.1. The molecule has 0 bridgehead atoms. The molecule has 26 nitrogen and oxygen atoms in total. The highest BCUT2D eigenvalue weighted by Crippen LogP contribution is 2.43. The molecule has 79 heavy (non-hydrogen) atoms. The van der Waals surface area contributed by atoms with Crippen molar-refractivity contribution < 1.29 is 126 Å². The van der Waals surface area contributed by atoms with E-state index < -0.39 is 192 Å². The SMILES string of the molecule is COCC1O[C@@H](O[C@@H]2C(OC)[C@H](O[C@@H]3C(OC)[C@H](OC4[C@H](OCc5ccccc5)OC(CCO)[C@H](CO)[C@@H]4CO)OC(COC)[C@@H]3CO)OC(COC)[C@@H]2CO)C(OC)[C@@H](O[C@@H]2OC(CCO)[C@H](CO)[C@H](CO)C2OC)[C@H]1CO. The van der Waals surface area contributed by atoms with Crippen LogP contribution in [-0.2, 0) is 87.1 Å². The lowest BCUT2D eigenvalue weighted by molar-refractivity contribution is -0.394. The molecule has 5 heterocycles. The first-order valence-electron chi connectivity index (χ1n) is 27.1. The van der Waals surface area contributed by atoms with E-state index in [0.717, 1.165) is 5.56 Å². The van der Waals surface area contributed by atoms with Crippen molar-refractivity contribution in [1.82, 2.24) is 0 Å². The normalized spacial score (nSPS) is 41.1. The van der Waals surface area contributed by atoms with Crippen molar-refractivity contribution in [2.45, 2.75) is 130 Å². The summed E-state index contributed by atoms with van der Waals surface area (Å²) < 4.78 is 108. The second-order valence-corrected chi connectivity index (χ2v) is 20.5. The number of hydrogen-bond acceptors (Lipinski definition) is 26. The van der Waals surface area contributed by atoms with Gasteiger partial charge in [0.05, 0.1) is 95.1 Å². The van der Waals surface area contributed by atoms with E-state index >= 15 is 0 Å². The van der Waals surface area contributed by atoms with E-state index in [2.05, 4.69) is 0 Å². The Balaban J connectivity index is 1.35. The molecule has 10 unspecified atom stereocenters. The van der Waals surface area contributed by atoms with Crippen LogP contribution in [0.25, 0.3) is 0 Å². The number of ether oxygens (including phenoxy) is 17. The monoisotopic (exact) mass is 1140 g/mol. The molecule has 5 saturated heterocycles. The molecule has 5 aliphatic heterocycles. The largest absolute Gasteiger partial charge is 0.396 e. The predicted molar refractivity (Wildman–Crippen MR) is 270 cm³/mol. The first kappa shape index (κ1) is 66.3. The van der Waals surface area contributed by atoms with Gasteiger partial charge < -0.3 is 126 Å². The molecule has 0 aliphatic carbocycles. The van der Waals surface area contributed by atoms with Crippen LogP contribution in [0.3, 0.4) is 0 Å². The summed E-state index contributed by atoms with van der Waals surface area (Å²) in [6.45, 7) is -3.89. The van der Waals surface area contributed by atoms with E-state index in [4.69, 9.17) is 80.5 Å². The van der Waals surface area contributed by atoms with Gasteiger partial charge in [0.2, 0.25) is 0 Å². The Morgan fingerprint density at radius 3 is 0.987 bits per heavy atom. The third kappa shape index (κ3) is 15.6. The Morgan fingerprint density at radius 2 is 0.658 bits per heavy atom. The third-order valence-electron chi connectivity index (χ3n) is 16.3. The molecular weight excluding hydrogens is 1050 g/mol. The van der Waals surface area contributed by atoms with E-state index in [1.165, 1.54) is 49.8 Å². The average Bonchev–Trinajstić information content (AvgIpc) is 3.54. The van der Waals surface area contributed by atoms with Crippen LogP contribution in [0.15, 0.2) is 30.3 Å². The molecule has 458 valence electrons. The molecule has 0 aromatic heterocycles. The fourth-order valence-electron chi connectivity index (χ4n) is 12.1. The number of rotatable bonds is 32. The van der Waals surface area contributed by atoms with E-state index in [0.29, 0.717) is 0 Å². The molecule has 25 atom stereocenters. The van der Waals surface area contributed by atoms with Gasteiger partial charge in [-0.2, -0.15) is 0 Å². The first-order chi connectivity index (χ1) is 38.5. The first-order valence-corrected chi connectivity index (χ1v) is 27.1. The molecule has 1 aromatic rings. The molecule has 5 fully saturated rings. The number of hydrogen-bond donors (Lipinski definition) is 9. The molecule has 0 spiro atoms. The van der Waals surface area contributed by atoms with Crippen LogP contribution in [-0.4, -0.2) is 286 Å². The zero-order valence-electron chi connectivity index (χ0n) is 46.4. The van der Waals surface area contributed by atoms with Gasteiger partial charge in [0.15, 0.2) is 31.5 Å². The van der Waals surface area contributed by atoms with Gasteiger partial charge >= 0.3 is 0 Å². The summed E-state index contributed by atoms with van der Waals surface area (Å²) in [5, 5.41) is 96.1. The standard InChI is InChI=1S/C53H90O26/c1-63-25-38-33(21-60)41(76-50-44(66-4)31(19-58)29(17-56)37(72-50)14-16-55)46(67-5)51(73-38)77-42-34(22-61)39(26-64-2)74-52(47(42)68-6)78-43-35(23-62)40(27-65-3)75-53(48(43)69-7)79-45-32(20-59)30(18-57)36(13-15-54)71-49(45)70-24-28-11-9-8-10-12-28/h8-12,29-62H,13-27H2,1-7H3/t29-,30-,31+,32+,33+,34+,35+,36?,37?,38?,39?,40?,41+,42+,43+,44?,45?,46?,47?,48?,49-,50+,51+,52+,53+/m1/s1. The minimum Gasteiger partial charge on any atom is -0.396 e. The van der Waals surface area contributed by atoms with E-state index in [-0.39, 0.29) is 59.1 Å². The summed E-state index contributed by atoms with van der Waals surface area (Å²) in [6, 6.07) is 9.32. The quantitative estimate of drug-likeness (QED) is 0.0357. The van der Waals surface area contributed by atoms with Crippen LogP contribution < -0.4 is 0 Å². The van der Waals surface area contributed by atoms with Gasteiger partial charge in [0, 0.05) is 131 Å². The zero-order valence-corrected chi connectivity index (χ0v) is 46.4. The Morgan fingerprint density at radius 1 is 0.342 bits per heavy atom. The molecule has 26 heteroatoms. The second-order valence-electron chi connectivity index (χ2n) is 20.5. The van der Waals surface area contributed by atoms with Gasteiger partial charge in [0.1, 0.15) is 30.5 Å². The van der Waals surface area contributed by atoms with Crippen molar-refractivity contribution in [3.05, 3.63) is 35.9 Å². The number of aliphatic hydroxyl groups excluding tert-OH is 9. The Kier molecular flexibility index (Phi) is 28.2. The van der Waals surface area contributed by atoms with Crippen LogP contribution >= 0.6 is 0 Å². The van der Waals surface area contributed by atoms with Crippen molar-refractivity contribution in [3.8, 4) is 0 Å². The molecular formula is C53H90O26. The predicted octanol–water partition coefficient (Wildman–Crippen LogP) is -2.61. The Labute approximate surface area is 462 Å². The molecule has 9 N–H and O–H groups in total. The maximum atomic E-state index is 11.2. The number of aliphatic hydroxyl groups is 9. The van der Waals surface area contributed by atoms with Gasteiger partial charge in [-0.1, -0.05) is 30.3 Å². The summed E-state index contributed by atoms with van der Waals surface area (Å²) in [5.74, 6) is -5.46. The van der Waals surface area contributed by atoms with Gasteiger partial charge in [0.25, 0.3) is 0 Å². The summed E-state index contributed by atoms with van der Waals surface area (Å²) in [4.78, 5) is 0.